The lowest BCUT2D eigenvalue weighted by Gasteiger charge is -2.34. The third-order valence-electron chi connectivity index (χ3n) is 3.18. The Balaban J connectivity index is 2.05. The number of nitrogens with two attached hydrogens (primary N) is 1. The zero-order valence-electron chi connectivity index (χ0n) is 12.0. The second-order valence-electron chi connectivity index (χ2n) is 5.30. The van der Waals surface area contributed by atoms with Crippen molar-refractivity contribution in [1.82, 2.24) is 15.2 Å². The van der Waals surface area contributed by atoms with Crippen LogP contribution in [0, 0.1) is 0 Å². The summed E-state index contributed by atoms with van der Waals surface area (Å²) >= 11 is 0. The summed E-state index contributed by atoms with van der Waals surface area (Å²) in [6, 6.07) is 3.45. The van der Waals surface area contributed by atoms with Crippen LogP contribution in [0.2, 0.25) is 0 Å². The zero-order chi connectivity index (χ0) is 14.5. The van der Waals surface area contributed by atoms with E-state index in [4.69, 9.17) is 10.5 Å². The highest BCUT2D eigenvalue weighted by Crippen LogP contribution is 2.13. The van der Waals surface area contributed by atoms with E-state index in [1.54, 1.807) is 12.3 Å². The molecule has 0 saturated carbocycles. The number of morpholine rings is 1. The molecule has 1 saturated heterocycles. The summed E-state index contributed by atoms with van der Waals surface area (Å²) in [5.41, 5.74) is 7.32. The van der Waals surface area contributed by atoms with Gasteiger partial charge in [0.05, 0.1) is 18.9 Å². The van der Waals surface area contributed by atoms with Crippen molar-refractivity contribution in [2.45, 2.75) is 32.5 Å². The van der Waals surface area contributed by atoms with Crippen LogP contribution in [0.4, 0.5) is 5.69 Å². The van der Waals surface area contributed by atoms with Gasteiger partial charge in [0.25, 0.3) is 0 Å². The molecule has 1 fully saturated rings. The Bertz CT molecular complexity index is 464. The van der Waals surface area contributed by atoms with Crippen LogP contribution in [0.15, 0.2) is 18.3 Å². The molecular weight excluding hydrogens is 256 g/mol. The van der Waals surface area contributed by atoms with Gasteiger partial charge in [-0.2, -0.15) is 0 Å². The van der Waals surface area contributed by atoms with Gasteiger partial charge in [-0.3, -0.25) is 14.7 Å². The molecule has 1 amide bonds. The van der Waals surface area contributed by atoms with Crippen LogP contribution >= 0.6 is 0 Å². The molecule has 110 valence electrons. The molecule has 1 aliphatic heterocycles. The first-order valence-electron chi connectivity index (χ1n) is 6.89. The molecule has 0 aromatic carbocycles. The molecule has 1 aromatic heterocycles. The maximum Gasteiger partial charge on any atom is 0.239 e. The average molecular weight is 278 g/mol. The van der Waals surface area contributed by atoms with Crippen molar-refractivity contribution in [3.8, 4) is 0 Å². The number of carbonyl (C=O) groups excluding carboxylic acids is 1. The summed E-state index contributed by atoms with van der Waals surface area (Å²) in [6.07, 6.45) is 1.69. The first-order chi connectivity index (χ1) is 9.56. The minimum Gasteiger partial charge on any atom is -0.399 e. The highest BCUT2D eigenvalue weighted by atomic mass is 16.5. The summed E-state index contributed by atoms with van der Waals surface area (Å²) in [6.45, 7) is 6.27. The van der Waals surface area contributed by atoms with Crippen LogP contribution in [0.3, 0.4) is 0 Å². The maximum absolute atomic E-state index is 12.2. The largest absolute Gasteiger partial charge is 0.399 e. The highest BCUT2D eigenvalue weighted by molar-refractivity contribution is 5.82. The monoisotopic (exact) mass is 278 g/mol. The number of hydrogen-bond donors (Lipinski definition) is 2. The minimum atomic E-state index is -0.269. The number of hydrogen-bond acceptors (Lipinski definition) is 5. The van der Waals surface area contributed by atoms with Gasteiger partial charge in [-0.15, -0.1) is 0 Å². The van der Waals surface area contributed by atoms with E-state index in [-0.39, 0.29) is 18.0 Å². The van der Waals surface area contributed by atoms with Crippen molar-refractivity contribution in [2.75, 3.05) is 25.5 Å². The van der Waals surface area contributed by atoms with Gasteiger partial charge in [-0.05, 0) is 26.0 Å². The first-order valence-corrected chi connectivity index (χ1v) is 6.89. The second kappa shape index (κ2) is 6.67. The minimum absolute atomic E-state index is 0.00334. The molecule has 1 atom stereocenters. The van der Waals surface area contributed by atoms with E-state index >= 15 is 0 Å². The topological polar surface area (TPSA) is 80.5 Å². The van der Waals surface area contributed by atoms with E-state index in [9.17, 15) is 4.79 Å². The molecule has 1 unspecified atom stereocenters. The lowest BCUT2D eigenvalue weighted by Crippen LogP contribution is -2.54. The Labute approximate surface area is 119 Å². The van der Waals surface area contributed by atoms with Crippen LogP contribution in [0.1, 0.15) is 19.5 Å². The van der Waals surface area contributed by atoms with Crippen molar-refractivity contribution in [2.24, 2.45) is 0 Å². The van der Waals surface area contributed by atoms with Gasteiger partial charge in [0.1, 0.15) is 6.04 Å². The number of nitrogens with one attached hydrogen (secondary N) is 1. The number of anilines is 1. The zero-order valence-corrected chi connectivity index (χ0v) is 12.0. The first kappa shape index (κ1) is 14.7. The molecule has 6 nitrogen and oxygen atoms in total. The fraction of sp³-hybridized carbons (Fsp3) is 0.571. The summed E-state index contributed by atoms with van der Waals surface area (Å²) < 4.78 is 5.43. The Morgan fingerprint density at radius 1 is 1.65 bits per heavy atom. The number of rotatable bonds is 4. The SMILES string of the molecule is CC(C)NC(=O)C1COCCN1Cc1cc(N)ccn1. The number of amides is 1. The summed E-state index contributed by atoms with van der Waals surface area (Å²) in [5, 5.41) is 2.93. The third-order valence-corrected chi connectivity index (χ3v) is 3.18. The molecule has 3 N–H and O–H groups in total. The van der Waals surface area contributed by atoms with Crippen molar-refractivity contribution < 1.29 is 9.53 Å². The summed E-state index contributed by atoms with van der Waals surface area (Å²) in [7, 11) is 0. The predicted octanol–water partition coefficient (Wildman–Crippen LogP) is 0.389. The fourth-order valence-electron chi connectivity index (χ4n) is 2.24. The third kappa shape index (κ3) is 3.91. The van der Waals surface area contributed by atoms with Crippen LogP contribution < -0.4 is 11.1 Å². The van der Waals surface area contributed by atoms with Crippen LogP contribution in [0.25, 0.3) is 0 Å². The molecule has 1 aromatic rings. The fourth-order valence-corrected chi connectivity index (χ4v) is 2.24. The van der Waals surface area contributed by atoms with E-state index in [2.05, 4.69) is 15.2 Å². The van der Waals surface area contributed by atoms with Crippen LogP contribution in [-0.4, -0.2) is 47.6 Å². The molecule has 2 rings (SSSR count). The van der Waals surface area contributed by atoms with Gasteiger partial charge in [-0.1, -0.05) is 0 Å². The molecule has 20 heavy (non-hydrogen) atoms. The molecule has 0 aliphatic carbocycles. The van der Waals surface area contributed by atoms with Gasteiger partial charge in [0.15, 0.2) is 0 Å². The van der Waals surface area contributed by atoms with Crippen molar-refractivity contribution in [3.63, 3.8) is 0 Å². The van der Waals surface area contributed by atoms with Crippen molar-refractivity contribution in [1.29, 1.82) is 0 Å². The van der Waals surface area contributed by atoms with Crippen LogP contribution in [-0.2, 0) is 16.1 Å². The average Bonchev–Trinajstić information content (AvgIpc) is 2.38. The Kier molecular flexibility index (Phi) is 4.92. The Morgan fingerprint density at radius 3 is 3.15 bits per heavy atom. The van der Waals surface area contributed by atoms with Crippen molar-refractivity contribution >= 4 is 11.6 Å². The van der Waals surface area contributed by atoms with Crippen LogP contribution in [0.5, 0.6) is 0 Å². The molecule has 6 heteroatoms. The smallest absolute Gasteiger partial charge is 0.239 e. The lowest BCUT2D eigenvalue weighted by atomic mass is 10.1. The van der Waals surface area contributed by atoms with Crippen molar-refractivity contribution in [3.05, 3.63) is 24.0 Å². The maximum atomic E-state index is 12.2. The molecule has 0 spiro atoms. The Hall–Kier alpha value is -1.66. The standard InChI is InChI=1S/C14H22N4O2/c1-10(2)17-14(19)13-9-20-6-5-18(13)8-12-7-11(15)3-4-16-12/h3-4,7,10,13H,5-6,8-9H2,1-2H3,(H2,15,16)(H,17,19). The number of pyridine rings is 1. The van der Waals surface area contributed by atoms with Gasteiger partial charge >= 0.3 is 0 Å². The van der Waals surface area contributed by atoms with E-state index < -0.39 is 0 Å². The predicted molar refractivity (Wildman–Crippen MR) is 76.9 cm³/mol. The molecule has 0 radical (unpaired) electrons. The van der Waals surface area contributed by atoms with E-state index in [0.717, 1.165) is 5.69 Å². The highest BCUT2D eigenvalue weighted by Gasteiger charge is 2.29. The summed E-state index contributed by atoms with van der Waals surface area (Å²) in [5.74, 6) is 0.00334. The number of aromatic nitrogens is 1. The Morgan fingerprint density at radius 2 is 2.45 bits per heavy atom. The number of nitrogen functional groups attached to an aromatic ring is 1. The molecule has 1 aliphatic rings. The molecule has 0 bridgehead atoms. The van der Waals surface area contributed by atoms with E-state index in [0.29, 0.717) is 32.0 Å². The van der Waals surface area contributed by atoms with Gasteiger partial charge in [0, 0.05) is 31.0 Å². The molecular formula is C14H22N4O2. The van der Waals surface area contributed by atoms with E-state index in [1.165, 1.54) is 0 Å². The quantitative estimate of drug-likeness (QED) is 0.833. The lowest BCUT2D eigenvalue weighted by molar-refractivity contribution is -0.133. The second-order valence-corrected chi connectivity index (χ2v) is 5.30. The van der Waals surface area contributed by atoms with Gasteiger partial charge in [0.2, 0.25) is 5.91 Å². The number of ether oxygens (including phenoxy) is 1. The normalized spacial score (nSPS) is 20.1. The number of carbonyl (C=O) groups is 1. The van der Waals surface area contributed by atoms with Gasteiger partial charge in [-0.25, -0.2) is 0 Å². The number of nitrogens with zero attached hydrogens (tertiary/aromatic N) is 2. The summed E-state index contributed by atoms with van der Waals surface area (Å²) in [4.78, 5) is 18.6. The van der Waals surface area contributed by atoms with Gasteiger partial charge < -0.3 is 15.8 Å². The van der Waals surface area contributed by atoms with E-state index in [1.807, 2.05) is 19.9 Å². The molecule has 2 heterocycles.